The molecule has 1 aliphatic carbocycles. The Bertz CT molecular complexity index is 220. The fourth-order valence-electron chi connectivity index (χ4n) is 2.36. The van der Waals surface area contributed by atoms with Crippen LogP contribution >= 0.6 is 0 Å². The lowest BCUT2D eigenvalue weighted by Gasteiger charge is -2.28. The Morgan fingerprint density at radius 3 is 2.47 bits per heavy atom. The largest absolute Gasteiger partial charge is 0.302 e. The minimum absolute atomic E-state index is 0.0402. The van der Waals surface area contributed by atoms with Crippen molar-refractivity contribution < 1.29 is 13.6 Å². The summed E-state index contributed by atoms with van der Waals surface area (Å²) < 4.78 is 25.2. The molecule has 2 atom stereocenters. The molecule has 1 saturated carbocycles. The van der Waals surface area contributed by atoms with E-state index in [0.717, 1.165) is 6.42 Å². The van der Waals surface area contributed by atoms with Crippen molar-refractivity contribution in [3.05, 3.63) is 0 Å². The molecule has 15 heavy (non-hydrogen) atoms. The summed E-state index contributed by atoms with van der Waals surface area (Å²) in [5, 5.41) is 0. The van der Waals surface area contributed by atoms with Crippen molar-refractivity contribution in [1.82, 2.24) is 0 Å². The summed E-state index contributed by atoms with van der Waals surface area (Å²) in [4.78, 5) is 11.1. The van der Waals surface area contributed by atoms with Crippen LogP contribution in [-0.4, -0.2) is 11.7 Å². The zero-order valence-corrected chi connectivity index (χ0v) is 9.56. The molecule has 0 radical (unpaired) electrons. The fourth-order valence-corrected chi connectivity index (χ4v) is 2.36. The maximum atomic E-state index is 12.6. The van der Waals surface area contributed by atoms with Gasteiger partial charge in [0, 0.05) is 13.3 Å². The Morgan fingerprint density at radius 1 is 1.33 bits per heavy atom. The highest BCUT2D eigenvalue weighted by molar-refractivity contribution is 5.85. The second-order valence-electron chi connectivity index (χ2n) is 4.87. The molecule has 88 valence electrons. The van der Waals surface area contributed by atoms with Gasteiger partial charge in [-0.15, -0.1) is 0 Å². The maximum absolute atomic E-state index is 12.6. The van der Waals surface area contributed by atoms with Gasteiger partial charge in [-0.25, -0.2) is 0 Å². The van der Waals surface area contributed by atoms with Gasteiger partial charge in [0.25, 0.3) is 0 Å². The van der Waals surface area contributed by atoms with Gasteiger partial charge in [-0.2, -0.15) is 8.78 Å². The first kappa shape index (κ1) is 12.6. The van der Waals surface area contributed by atoms with Crippen molar-refractivity contribution in [3.8, 4) is 0 Å². The van der Waals surface area contributed by atoms with Crippen LogP contribution in [0.2, 0.25) is 0 Å². The highest BCUT2D eigenvalue weighted by Crippen LogP contribution is 2.33. The van der Waals surface area contributed by atoms with Crippen LogP contribution in [0.3, 0.4) is 0 Å². The molecule has 0 heterocycles. The maximum Gasteiger partial charge on any atom is 0.302 e. The van der Waals surface area contributed by atoms with Crippen LogP contribution in [0.5, 0.6) is 0 Å². The van der Waals surface area contributed by atoms with Crippen molar-refractivity contribution in [1.29, 1.82) is 0 Å². The number of alkyl halides is 2. The molecule has 0 aromatic carbocycles. The molecule has 1 rings (SSSR count). The summed E-state index contributed by atoms with van der Waals surface area (Å²) in [6.45, 7) is 2.86. The Hall–Kier alpha value is -0.470. The van der Waals surface area contributed by atoms with E-state index in [2.05, 4.69) is 6.92 Å². The van der Waals surface area contributed by atoms with Crippen LogP contribution in [0.4, 0.5) is 8.78 Å². The van der Waals surface area contributed by atoms with Gasteiger partial charge in [0.15, 0.2) is 0 Å². The van der Waals surface area contributed by atoms with Crippen LogP contribution in [0, 0.1) is 11.8 Å². The van der Waals surface area contributed by atoms with E-state index in [1.54, 1.807) is 0 Å². The fraction of sp³-hybridized carbons (Fsp3) is 0.917. The van der Waals surface area contributed by atoms with Gasteiger partial charge in [-0.1, -0.05) is 32.6 Å². The molecule has 1 fully saturated rings. The first-order valence-corrected chi connectivity index (χ1v) is 5.82. The summed E-state index contributed by atoms with van der Waals surface area (Å²) in [6, 6.07) is 0. The molecule has 0 aromatic rings. The first-order chi connectivity index (χ1) is 6.91. The SMILES string of the molecule is CC1CCCCC1CCC(=O)C(C)(F)F. The third-order valence-electron chi connectivity index (χ3n) is 3.52. The molecule has 0 aromatic heterocycles. The molecule has 0 aliphatic heterocycles. The van der Waals surface area contributed by atoms with E-state index in [1.807, 2.05) is 0 Å². The molecule has 1 aliphatic rings. The van der Waals surface area contributed by atoms with E-state index in [9.17, 15) is 13.6 Å². The van der Waals surface area contributed by atoms with Crippen molar-refractivity contribution in [2.75, 3.05) is 0 Å². The Balaban J connectivity index is 2.33. The van der Waals surface area contributed by atoms with Crippen LogP contribution < -0.4 is 0 Å². The Morgan fingerprint density at radius 2 is 1.93 bits per heavy atom. The summed E-state index contributed by atoms with van der Waals surface area (Å²) in [7, 11) is 0. The number of halogens is 2. The monoisotopic (exact) mass is 218 g/mol. The third kappa shape index (κ3) is 3.88. The van der Waals surface area contributed by atoms with Gasteiger partial charge in [0.2, 0.25) is 5.78 Å². The van der Waals surface area contributed by atoms with Crippen molar-refractivity contribution in [2.45, 2.75) is 58.3 Å². The zero-order chi connectivity index (χ0) is 11.5. The second-order valence-corrected chi connectivity index (χ2v) is 4.87. The quantitative estimate of drug-likeness (QED) is 0.701. The lowest BCUT2D eigenvalue weighted by molar-refractivity contribution is -0.141. The first-order valence-electron chi connectivity index (χ1n) is 5.82. The van der Waals surface area contributed by atoms with Gasteiger partial charge in [0.05, 0.1) is 0 Å². The lowest BCUT2D eigenvalue weighted by Crippen LogP contribution is -2.26. The standard InChI is InChI=1S/C12H20F2O/c1-9-5-3-4-6-10(9)7-8-11(15)12(2,13)14/h9-10H,3-8H2,1-2H3. The number of rotatable bonds is 4. The Labute approximate surface area is 90.2 Å². The highest BCUT2D eigenvalue weighted by atomic mass is 19.3. The van der Waals surface area contributed by atoms with Gasteiger partial charge >= 0.3 is 5.92 Å². The average molecular weight is 218 g/mol. The molecule has 0 saturated heterocycles. The summed E-state index contributed by atoms with van der Waals surface area (Å²) >= 11 is 0. The number of hydrogen-bond donors (Lipinski definition) is 0. The second kappa shape index (κ2) is 5.04. The lowest BCUT2D eigenvalue weighted by atomic mass is 9.77. The van der Waals surface area contributed by atoms with Gasteiger partial charge in [-0.3, -0.25) is 4.79 Å². The van der Waals surface area contributed by atoms with Gasteiger partial charge in [0.1, 0.15) is 0 Å². The minimum atomic E-state index is -3.14. The summed E-state index contributed by atoms with van der Waals surface area (Å²) in [5.74, 6) is -2.97. The zero-order valence-electron chi connectivity index (χ0n) is 9.56. The minimum Gasteiger partial charge on any atom is -0.293 e. The van der Waals surface area contributed by atoms with Crippen LogP contribution in [0.25, 0.3) is 0 Å². The van der Waals surface area contributed by atoms with Crippen molar-refractivity contribution in [3.63, 3.8) is 0 Å². The van der Waals surface area contributed by atoms with Crippen molar-refractivity contribution >= 4 is 5.78 Å². The van der Waals surface area contributed by atoms with Crippen LogP contribution in [-0.2, 0) is 4.79 Å². The third-order valence-corrected chi connectivity index (χ3v) is 3.52. The number of hydrogen-bond acceptors (Lipinski definition) is 1. The molecule has 0 spiro atoms. The highest BCUT2D eigenvalue weighted by Gasteiger charge is 2.32. The van der Waals surface area contributed by atoms with Crippen molar-refractivity contribution in [2.24, 2.45) is 11.8 Å². The van der Waals surface area contributed by atoms with Gasteiger partial charge in [-0.05, 0) is 18.3 Å². The molecular formula is C12H20F2O. The van der Waals surface area contributed by atoms with E-state index in [0.29, 0.717) is 25.2 Å². The summed E-state index contributed by atoms with van der Waals surface area (Å²) in [5.41, 5.74) is 0. The van der Waals surface area contributed by atoms with Crippen LogP contribution in [0.15, 0.2) is 0 Å². The van der Waals surface area contributed by atoms with Crippen LogP contribution in [0.1, 0.15) is 52.4 Å². The smallest absolute Gasteiger partial charge is 0.293 e. The van der Waals surface area contributed by atoms with E-state index < -0.39 is 11.7 Å². The normalized spacial score (nSPS) is 27.7. The molecular weight excluding hydrogens is 198 g/mol. The summed E-state index contributed by atoms with van der Waals surface area (Å²) in [6.07, 6.45) is 5.40. The van der Waals surface area contributed by atoms with E-state index in [-0.39, 0.29) is 6.42 Å². The molecule has 0 bridgehead atoms. The van der Waals surface area contributed by atoms with E-state index >= 15 is 0 Å². The number of carbonyl (C=O) groups is 1. The molecule has 0 amide bonds. The Kier molecular flexibility index (Phi) is 4.23. The molecule has 2 unspecified atom stereocenters. The van der Waals surface area contributed by atoms with E-state index in [4.69, 9.17) is 0 Å². The predicted octanol–water partition coefficient (Wildman–Crippen LogP) is 3.82. The number of Topliss-reactive ketones (excluding diaryl/α,β-unsaturated/α-hetero) is 1. The number of ketones is 1. The topological polar surface area (TPSA) is 17.1 Å². The van der Waals surface area contributed by atoms with E-state index in [1.165, 1.54) is 19.3 Å². The molecule has 3 heteroatoms. The number of carbonyl (C=O) groups excluding carboxylic acids is 1. The molecule has 0 N–H and O–H groups in total. The van der Waals surface area contributed by atoms with Gasteiger partial charge < -0.3 is 0 Å². The average Bonchev–Trinajstić information content (AvgIpc) is 2.14. The molecule has 1 nitrogen and oxygen atoms in total. The predicted molar refractivity (Wildman–Crippen MR) is 56.0 cm³/mol.